The van der Waals surface area contributed by atoms with E-state index in [9.17, 15) is 9.18 Å². The first-order chi connectivity index (χ1) is 11.6. The first-order valence-electron chi connectivity index (χ1n) is 7.84. The molecule has 0 fully saturated rings. The summed E-state index contributed by atoms with van der Waals surface area (Å²) >= 11 is 0. The molecule has 0 N–H and O–H groups in total. The second-order valence-corrected chi connectivity index (χ2v) is 6.08. The Kier molecular flexibility index (Phi) is 3.23. The van der Waals surface area contributed by atoms with Crippen molar-refractivity contribution in [3.63, 3.8) is 0 Å². The van der Waals surface area contributed by atoms with Gasteiger partial charge in [-0.15, -0.1) is 0 Å². The Morgan fingerprint density at radius 1 is 1.00 bits per heavy atom. The van der Waals surface area contributed by atoms with Crippen molar-refractivity contribution in [1.82, 2.24) is 14.0 Å². The quantitative estimate of drug-likeness (QED) is 0.559. The molecule has 0 radical (unpaired) electrons. The third-order valence-corrected chi connectivity index (χ3v) is 4.22. The molecule has 0 saturated carbocycles. The normalized spacial score (nSPS) is 11.7. The Hall–Kier alpha value is -2.95. The average Bonchev–Trinajstić information content (AvgIpc) is 3.01. The minimum absolute atomic E-state index is 0.0170. The zero-order valence-electron chi connectivity index (χ0n) is 13.4. The molecular weight excluding hydrogens is 305 g/mol. The molecule has 24 heavy (non-hydrogen) atoms. The van der Waals surface area contributed by atoms with Crippen molar-refractivity contribution >= 4 is 16.6 Å². The monoisotopic (exact) mass is 321 g/mol. The molecule has 0 aliphatic rings. The summed E-state index contributed by atoms with van der Waals surface area (Å²) in [7, 11) is 0. The van der Waals surface area contributed by atoms with Gasteiger partial charge in [-0.05, 0) is 50.2 Å². The average molecular weight is 321 g/mol. The van der Waals surface area contributed by atoms with E-state index in [0.29, 0.717) is 11.2 Å². The fourth-order valence-electron chi connectivity index (χ4n) is 3.16. The minimum Gasteiger partial charge on any atom is -0.302 e. The molecule has 0 bridgehead atoms. The van der Waals surface area contributed by atoms with Gasteiger partial charge in [-0.2, -0.15) is 0 Å². The molecule has 2 aromatic heterocycles. The van der Waals surface area contributed by atoms with Crippen LogP contribution in [0, 0.1) is 5.82 Å². The van der Waals surface area contributed by atoms with Crippen LogP contribution >= 0.6 is 0 Å². The number of benzene rings is 2. The number of nitrogens with zero attached hydrogens (tertiary/aromatic N) is 3. The first kappa shape index (κ1) is 14.6. The SMILES string of the molecule is CC(C)n1c(=O)c2c(-c3ccc(F)cc3)ncn2c2ccccc21. The highest BCUT2D eigenvalue weighted by atomic mass is 19.1. The van der Waals surface area contributed by atoms with E-state index in [1.54, 1.807) is 23.0 Å². The van der Waals surface area contributed by atoms with Gasteiger partial charge in [0.1, 0.15) is 23.4 Å². The molecule has 4 nitrogen and oxygen atoms in total. The van der Waals surface area contributed by atoms with Gasteiger partial charge in [0, 0.05) is 11.6 Å². The van der Waals surface area contributed by atoms with Gasteiger partial charge in [0.15, 0.2) is 0 Å². The van der Waals surface area contributed by atoms with Gasteiger partial charge in [0.2, 0.25) is 0 Å². The maximum Gasteiger partial charge on any atom is 0.277 e. The van der Waals surface area contributed by atoms with E-state index in [1.165, 1.54) is 12.1 Å². The third-order valence-electron chi connectivity index (χ3n) is 4.22. The van der Waals surface area contributed by atoms with Crippen LogP contribution in [-0.4, -0.2) is 14.0 Å². The molecule has 5 heteroatoms. The summed E-state index contributed by atoms with van der Waals surface area (Å²) in [6.07, 6.45) is 1.66. The molecule has 0 aliphatic heterocycles. The van der Waals surface area contributed by atoms with Crippen LogP contribution in [-0.2, 0) is 0 Å². The van der Waals surface area contributed by atoms with Gasteiger partial charge in [-0.1, -0.05) is 12.1 Å². The van der Waals surface area contributed by atoms with Gasteiger partial charge in [0.25, 0.3) is 5.56 Å². The van der Waals surface area contributed by atoms with E-state index in [4.69, 9.17) is 0 Å². The van der Waals surface area contributed by atoms with Gasteiger partial charge in [-0.3, -0.25) is 9.20 Å². The summed E-state index contributed by atoms with van der Waals surface area (Å²) in [5, 5.41) is 0. The number of hydrogen-bond acceptors (Lipinski definition) is 2. The molecule has 0 aliphatic carbocycles. The molecule has 2 heterocycles. The zero-order chi connectivity index (χ0) is 16.8. The van der Waals surface area contributed by atoms with Crippen molar-refractivity contribution in [2.45, 2.75) is 19.9 Å². The number of halogens is 1. The number of imidazole rings is 1. The molecule has 4 aromatic rings. The zero-order valence-corrected chi connectivity index (χ0v) is 13.4. The predicted octanol–water partition coefficient (Wildman–Crippen LogP) is 4.04. The van der Waals surface area contributed by atoms with Crippen molar-refractivity contribution in [1.29, 1.82) is 0 Å². The highest BCUT2D eigenvalue weighted by molar-refractivity contribution is 5.85. The van der Waals surface area contributed by atoms with Gasteiger partial charge in [0.05, 0.1) is 11.0 Å². The number of para-hydroxylation sites is 2. The maximum absolute atomic E-state index is 13.2. The number of hydrogen-bond donors (Lipinski definition) is 0. The lowest BCUT2D eigenvalue weighted by Crippen LogP contribution is -2.24. The van der Waals surface area contributed by atoms with E-state index >= 15 is 0 Å². The number of aromatic nitrogens is 3. The highest BCUT2D eigenvalue weighted by Gasteiger charge is 2.17. The van der Waals surface area contributed by atoms with Gasteiger partial charge >= 0.3 is 0 Å². The molecule has 0 atom stereocenters. The summed E-state index contributed by atoms with van der Waals surface area (Å²) in [4.78, 5) is 17.6. The van der Waals surface area contributed by atoms with Crippen LogP contribution in [0.2, 0.25) is 0 Å². The molecule has 0 unspecified atom stereocenters. The Morgan fingerprint density at radius 2 is 1.67 bits per heavy atom. The van der Waals surface area contributed by atoms with Crippen LogP contribution in [0.1, 0.15) is 19.9 Å². The third kappa shape index (κ3) is 2.05. The van der Waals surface area contributed by atoms with E-state index in [-0.39, 0.29) is 17.4 Å². The van der Waals surface area contributed by atoms with E-state index in [1.807, 2.05) is 42.5 Å². The Morgan fingerprint density at radius 3 is 2.33 bits per heavy atom. The Labute approximate surface area is 137 Å². The second kappa shape index (κ2) is 5.30. The lowest BCUT2D eigenvalue weighted by Gasteiger charge is -2.15. The standard InChI is InChI=1S/C19H16FN3O/c1-12(2)23-16-6-4-3-5-15(16)22-11-21-17(18(22)19(23)24)13-7-9-14(20)10-8-13/h3-12H,1-2H3. The van der Waals surface area contributed by atoms with Crippen molar-refractivity contribution in [3.8, 4) is 11.3 Å². The van der Waals surface area contributed by atoms with E-state index in [2.05, 4.69) is 4.98 Å². The predicted molar refractivity (Wildman–Crippen MR) is 92.7 cm³/mol. The highest BCUT2D eigenvalue weighted by Crippen LogP contribution is 2.25. The van der Waals surface area contributed by atoms with Crippen LogP contribution in [0.3, 0.4) is 0 Å². The first-order valence-corrected chi connectivity index (χ1v) is 7.84. The lowest BCUT2D eigenvalue weighted by atomic mass is 10.1. The summed E-state index contributed by atoms with van der Waals surface area (Å²) in [5.74, 6) is -0.313. The molecule has 4 rings (SSSR count). The summed E-state index contributed by atoms with van der Waals surface area (Å²) in [6.45, 7) is 3.97. The van der Waals surface area contributed by atoms with Crippen LogP contribution in [0.4, 0.5) is 4.39 Å². The summed E-state index contributed by atoms with van der Waals surface area (Å²) in [5.41, 5.74) is 3.49. The Balaban J connectivity index is 2.16. The second-order valence-electron chi connectivity index (χ2n) is 6.08. The van der Waals surface area contributed by atoms with Crippen molar-refractivity contribution in [2.75, 3.05) is 0 Å². The van der Waals surface area contributed by atoms with Crippen LogP contribution < -0.4 is 5.56 Å². The topological polar surface area (TPSA) is 39.3 Å². The molecule has 0 amide bonds. The summed E-state index contributed by atoms with van der Waals surface area (Å²) in [6, 6.07) is 13.8. The van der Waals surface area contributed by atoms with E-state index in [0.717, 1.165) is 16.6 Å². The summed E-state index contributed by atoms with van der Waals surface area (Å²) < 4.78 is 16.8. The van der Waals surface area contributed by atoms with Crippen LogP contribution in [0.5, 0.6) is 0 Å². The fraction of sp³-hybridized carbons (Fsp3) is 0.158. The Bertz CT molecular complexity index is 1110. The van der Waals surface area contributed by atoms with E-state index < -0.39 is 0 Å². The van der Waals surface area contributed by atoms with Crippen LogP contribution in [0.25, 0.3) is 27.8 Å². The smallest absolute Gasteiger partial charge is 0.277 e. The molecule has 0 spiro atoms. The molecule has 0 saturated heterocycles. The van der Waals surface area contributed by atoms with Gasteiger partial charge in [-0.25, -0.2) is 9.37 Å². The largest absolute Gasteiger partial charge is 0.302 e. The molecule has 2 aromatic carbocycles. The fourth-order valence-corrected chi connectivity index (χ4v) is 3.16. The van der Waals surface area contributed by atoms with Crippen molar-refractivity contribution in [2.24, 2.45) is 0 Å². The van der Waals surface area contributed by atoms with Crippen molar-refractivity contribution in [3.05, 3.63) is 71.0 Å². The lowest BCUT2D eigenvalue weighted by molar-refractivity contribution is 0.601. The van der Waals surface area contributed by atoms with Crippen LogP contribution in [0.15, 0.2) is 59.7 Å². The van der Waals surface area contributed by atoms with Gasteiger partial charge < -0.3 is 4.57 Å². The maximum atomic E-state index is 13.2. The molecule has 120 valence electrons. The minimum atomic E-state index is -0.313. The number of fused-ring (bicyclic) bond motifs is 3. The molecular formula is C19H16FN3O. The van der Waals surface area contributed by atoms with Crippen molar-refractivity contribution < 1.29 is 4.39 Å². The number of rotatable bonds is 2.